The second-order valence-electron chi connectivity index (χ2n) is 4.99. The number of nitrogens with zero attached hydrogens (tertiary/aromatic N) is 1. The fraction of sp³-hybridized carbons (Fsp3) is 0.400. The number of thiazole rings is 1. The van der Waals surface area contributed by atoms with Gasteiger partial charge in [-0.25, -0.2) is 4.98 Å². The Hall–Kier alpha value is -1.39. The lowest BCUT2D eigenvalue weighted by Crippen LogP contribution is -2.17. The predicted molar refractivity (Wildman–Crippen MR) is 77.5 cm³/mol. The third kappa shape index (κ3) is 2.80. The van der Waals surface area contributed by atoms with Crippen LogP contribution in [0.2, 0.25) is 0 Å². The van der Waals surface area contributed by atoms with Gasteiger partial charge in [-0.3, -0.25) is 0 Å². The Morgan fingerprint density at radius 2 is 2.37 bits per heavy atom. The highest BCUT2D eigenvalue weighted by atomic mass is 32.1. The first-order valence-electron chi connectivity index (χ1n) is 6.65. The van der Waals surface area contributed by atoms with E-state index in [0.29, 0.717) is 6.61 Å². The highest BCUT2D eigenvalue weighted by molar-refractivity contribution is 7.11. The van der Waals surface area contributed by atoms with E-state index in [4.69, 9.17) is 10.5 Å². The van der Waals surface area contributed by atoms with Gasteiger partial charge in [-0.2, -0.15) is 0 Å². The Balaban J connectivity index is 1.72. The van der Waals surface area contributed by atoms with Gasteiger partial charge in [0.15, 0.2) is 0 Å². The highest BCUT2D eigenvalue weighted by Gasteiger charge is 2.17. The maximum atomic E-state index is 6.12. The fourth-order valence-corrected chi connectivity index (χ4v) is 3.25. The topological polar surface area (TPSA) is 48.1 Å². The van der Waals surface area contributed by atoms with Gasteiger partial charge in [0.05, 0.1) is 9.88 Å². The average Bonchev–Trinajstić information content (AvgIpc) is 2.82. The molecule has 1 aliphatic rings. The molecular formula is C15H18N2OS. The van der Waals surface area contributed by atoms with E-state index >= 15 is 0 Å². The van der Waals surface area contributed by atoms with E-state index in [-0.39, 0.29) is 6.04 Å². The molecule has 19 heavy (non-hydrogen) atoms. The monoisotopic (exact) mass is 274 g/mol. The largest absolute Gasteiger partial charge is 0.488 e. The lowest BCUT2D eigenvalue weighted by molar-refractivity contribution is 0.309. The van der Waals surface area contributed by atoms with Crippen LogP contribution in [0.15, 0.2) is 24.4 Å². The van der Waals surface area contributed by atoms with E-state index in [2.05, 4.69) is 17.1 Å². The first-order chi connectivity index (χ1) is 9.22. The number of rotatable bonds is 3. The molecule has 2 aromatic rings. The molecule has 1 heterocycles. The quantitative estimate of drug-likeness (QED) is 0.933. The number of ether oxygens (including phenoxy) is 1. The zero-order chi connectivity index (χ0) is 13.2. The van der Waals surface area contributed by atoms with E-state index in [1.165, 1.54) is 17.5 Å². The molecule has 1 atom stereocenters. The van der Waals surface area contributed by atoms with E-state index in [9.17, 15) is 0 Å². The van der Waals surface area contributed by atoms with Crippen LogP contribution >= 0.6 is 11.3 Å². The molecule has 0 bridgehead atoms. The Labute approximate surface area is 117 Å². The molecule has 4 heteroatoms. The van der Waals surface area contributed by atoms with Crippen molar-refractivity contribution >= 4 is 11.3 Å². The van der Waals surface area contributed by atoms with Gasteiger partial charge in [-0.15, -0.1) is 11.3 Å². The van der Waals surface area contributed by atoms with Crippen molar-refractivity contribution in [2.45, 2.75) is 38.8 Å². The minimum Gasteiger partial charge on any atom is -0.488 e. The molecule has 0 radical (unpaired) electrons. The third-order valence-corrected chi connectivity index (χ3v) is 4.41. The van der Waals surface area contributed by atoms with Crippen molar-refractivity contribution in [3.8, 4) is 5.75 Å². The fourth-order valence-electron chi connectivity index (χ4n) is 2.54. The van der Waals surface area contributed by atoms with Crippen LogP contribution in [-0.2, 0) is 13.0 Å². The van der Waals surface area contributed by atoms with Crippen LogP contribution in [0.3, 0.4) is 0 Å². The van der Waals surface area contributed by atoms with E-state index in [1.807, 2.05) is 19.2 Å². The standard InChI is InChI=1S/C15H18N2OS/c1-10-17-8-13(19-10)9-18-12-5-6-14-11(7-12)3-2-4-15(14)16/h5-8,15H,2-4,9,16H2,1H3. The summed E-state index contributed by atoms with van der Waals surface area (Å²) in [4.78, 5) is 5.39. The molecule has 3 nitrogen and oxygen atoms in total. The maximum absolute atomic E-state index is 6.12. The smallest absolute Gasteiger partial charge is 0.124 e. The SMILES string of the molecule is Cc1ncc(COc2ccc3c(c2)CCCC3N)s1. The van der Waals surface area contributed by atoms with Crippen molar-refractivity contribution in [2.24, 2.45) is 5.73 Å². The molecule has 2 N–H and O–H groups in total. The van der Waals surface area contributed by atoms with Gasteiger partial charge >= 0.3 is 0 Å². The molecule has 1 aliphatic carbocycles. The number of hydrogen-bond donors (Lipinski definition) is 1. The van der Waals surface area contributed by atoms with Gasteiger partial charge in [-0.1, -0.05) is 6.07 Å². The van der Waals surface area contributed by atoms with Gasteiger partial charge in [0.1, 0.15) is 12.4 Å². The number of aryl methyl sites for hydroxylation is 2. The van der Waals surface area contributed by atoms with Crippen LogP contribution < -0.4 is 10.5 Å². The summed E-state index contributed by atoms with van der Waals surface area (Å²) in [6.07, 6.45) is 5.26. The molecule has 0 amide bonds. The van der Waals surface area contributed by atoms with Crippen LogP contribution in [0.1, 0.15) is 39.9 Å². The molecule has 0 aliphatic heterocycles. The van der Waals surface area contributed by atoms with Crippen LogP contribution in [0.5, 0.6) is 5.75 Å². The van der Waals surface area contributed by atoms with Crippen molar-refractivity contribution in [1.29, 1.82) is 0 Å². The van der Waals surface area contributed by atoms with Gasteiger partial charge in [0.2, 0.25) is 0 Å². The molecule has 1 unspecified atom stereocenters. The molecule has 1 aromatic carbocycles. The minimum atomic E-state index is 0.196. The van der Waals surface area contributed by atoms with Crippen molar-refractivity contribution in [3.05, 3.63) is 45.4 Å². The summed E-state index contributed by atoms with van der Waals surface area (Å²) < 4.78 is 5.84. The summed E-state index contributed by atoms with van der Waals surface area (Å²) in [5.74, 6) is 0.930. The van der Waals surface area contributed by atoms with Crippen molar-refractivity contribution in [2.75, 3.05) is 0 Å². The summed E-state index contributed by atoms with van der Waals surface area (Å²) in [6.45, 7) is 2.60. The van der Waals surface area contributed by atoms with E-state index in [1.54, 1.807) is 11.3 Å². The Morgan fingerprint density at radius 1 is 1.47 bits per heavy atom. The van der Waals surface area contributed by atoms with E-state index < -0.39 is 0 Å². The number of hydrogen-bond acceptors (Lipinski definition) is 4. The first-order valence-corrected chi connectivity index (χ1v) is 7.46. The second-order valence-corrected chi connectivity index (χ2v) is 6.31. The highest BCUT2D eigenvalue weighted by Crippen LogP contribution is 2.31. The predicted octanol–water partition coefficient (Wildman–Crippen LogP) is 3.37. The zero-order valence-electron chi connectivity index (χ0n) is 11.1. The Kier molecular flexibility index (Phi) is 3.53. The number of fused-ring (bicyclic) bond motifs is 1. The third-order valence-electron chi connectivity index (χ3n) is 3.53. The van der Waals surface area contributed by atoms with Crippen molar-refractivity contribution < 1.29 is 4.74 Å². The van der Waals surface area contributed by atoms with Crippen LogP contribution in [0.4, 0.5) is 0 Å². The second kappa shape index (κ2) is 5.31. The van der Waals surface area contributed by atoms with Gasteiger partial charge in [0, 0.05) is 12.2 Å². The molecule has 0 saturated heterocycles. The summed E-state index contributed by atoms with van der Waals surface area (Å²) in [5.41, 5.74) is 8.75. The molecule has 0 fully saturated rings. The number of aromatic nitrogens is 1. The molecule has 0 saturated carbocycles. The summed E-state index contributed by atoms with van der Waals surface area (Å²) in [6, 6.07) is 6.48. The Morgan fingerprint density at radius 3 is 3.16 bits per heavy atom. The molecular weight excluding hydrogens is 256 g/mol. The van der Waals surface area contributed by atoms with Crippen molar-refractivity contribution in [1.82, 2.24) is 4.98 Å². The summed E-state index contributed by atoms with van der Waals surface area (Å²) in [5, 5.41) is 1.08. The molecule has 3 rings (SSSR count). The molecule has 0 spiro atoms. The van der Waals surface area contributed by atoms with Crippen molar-refractivity contribution in [3.63, 3.8) is 0 Å². The Bertz CT molecular complexity index is 579. The molecule has 100 valence electrons. The van der Waals surface area contributed by atoms with E-state index in [0.717, 1.165) is 28.5 Å². The van der Waals surface area contributed by atoms with Gasteiger partial charge in [0.25, 0.3) is 0 Å². The summed E-state index contributed by atoms with van der Waals surface area (Å²) in [7, 11) is 0. The number of nitrogens with two attached hydrogens (primary N) is 1. The lowest BCUT2D eigenvalue weighted by atomic mass is 9.88. The van der Waals surface area contributed by atoms with Crippen LogP contribution in [-0.4, -0.2) is 4.98 Å². The average molecular weight is 274 g/mol. The first kappa shape index (κ1) is 12.6. The van der Waals surface area contributed by atoms with Crippen LogP contribution in [0.25, 0.3) is 0 Å². The van der Waals surface area contributed by atoms with Gasteiger partial charge < -0.3 is 10.5 Å². The lowest BCUT2D eigenvalue weighted by Gasteiger charge is -2.22. The minimum absolute atomic E-state index is 0.196. The zero-order valence-corrected chi connectivity index (χ0v) is 11.9. The summed E-state index contributed by atoms with van der Waals surface area (Å²) >= 11 is 1.68. The number of benzene rings is 1. The maximum Gasteiger partial charge on any atom is 0.124 e. The van der Waals surface area contributed by atoms with Gasteiger partial charge in [-0.05, 0) is 49.4 Å². The van der Waals surface area contributed by atoms with Crippen LogP contribution in [0, 0.1) is 6.92 Å². The normalized spacial score (nSPS) is 18.1. The molecule has 1 aromatic heterocycles.